The molecule has 0 radical (unpaired) electrons. The van der Waals surface area contributed by atoms with Gasteiger partial charge in [-0.3, -0.25) is 0 Å². The zero-order chi connectivity index (χ0) is 10.9. The molecule has 3 nitrogen and oxygen atoms in total. The molecule has 4 heteroatoms. The Hall–Kier alpha value is -1.03. The number of hydrogen-bond donors (Lipinski definition) is 1. The van der Waals surface area contributed by atoms with E-state index in [1.165, 1.54) is 0 Å². The summed E-state index contributed by atoms with van der Waals surface area (Å²) >= 11 is 0. The van der Waals surface area contributed by atoms with Crippen molar-refractivity contribution < 1.29 is 8.42 Å². The second kappa shape index (κ2) is 3.85. The van der Waals surface area contributed by atoms with Crippen LogP contribution < -0.4 is 5.32 Å². The van der Waals surface area contributed by atoms with Crippen LogP contribution in [0.5, 0.6) is 0 Å². The number of aryl methyl sites for hydroxylation is 1. The number of hydrogen-bond acceptors (Lipinski definition) is 3. The molecule has 1 atom stereocenters. The molecule has 1 N–H and O–H groups in total. The lowest BCUT2D eigenvalue weighted by Gasteiger charge is -2.14. The molecule has 0 unspecified atom stereocenters. The summed E-state index contributed by atoms with van der Waals surface area (Å²) in [6.07, 6.45) is 0.719. The number of benzene rings is 1. The van der Waals surface area contributed by atoms with Crippen molar-refractivity contribution in [3.05, 3.63) is 29.8 Å². The minimum Gasteiger partial charge on any atom is -0.381 e. The fourth-order valence-electron chi connectivity index (χ4n) is 1.86. The summed E-state index contributed by atoms with van der Waals surface area (Å²) in [6.45, 7) is 2.02. The average Bonchev–Trinajstić information content (AvgIpc) is 2.50. The van der Waals surface area contributed by atoms with Crippen LogP contribution in [-0.4, -0.2) is 26.0 Å². The molecular formula is C11H15NO2S. The monoisotopic (exact) mass is 225 g/mol. The largest absolute Gasteiger partial charge is 0.381 e. The Kier molecular flexibility index (Phi) is 2.69. The van der Waals surface area contributed by atoms with Crippen LogP contribution in [0.3, 0.4) is 0 Å². The summed E-state index contributed by atoms with van der Waals surface area (Å²) in [5, 5.41) is 3.29. The first-order valence-corrected chi connectivity index (χ1v) is 6.91. The van der Waals surface area contributed by atoms with Gasteiger partial charge in [0, 0.05) is 11.7 Å². The first kappa shape index (κ1) is 10.5. The maximum absolute atomic E-state index is 11.3. The van der Waals surface area contributed by atoms with Crippen LogP contribution in [0.4, 0.5) is 5.69 Å². The SMILES string of the molecule is Cc1ccccc1N[C@H]1CCS(=O)(=O)C1. The molecule has 82 valence electrons. The number of rotatable bonds is 2. The minimum absolute atomic E-state index is 0.0797. The van der Waals surface area contributed by atoms with Crippen molar-refractivity contribution in [2.75, 3.05) is 16.8 Å². The minimum atomic E-state index is -2.79. The van der Waals surface area contributed by atoms with E-state index in [9.17, 15) is 8.42 Å². The molecule has 15 heavy (non-hydrogen) atoms. The van der Waals surface area contributed by atoms with Crippen molar-refractivity contribution in [2.24, 2.45) is 0 Å². The lowest BCUT2D eigenvalue weighted by Crippen LogP contribution is -2.20. The van der Waals surface area contributed by atoms with E-state index in [0.717, 1.165) is 17.7 Å². The third-order valence-electron chi connectivity index (χ3n) is 2.74. The molecular weight excluding hydrogens is 210 g/mol. The predicted octanol–water partition coefficient (Wildman–Crippen LogP) is 1.59. The van der Waals surface area contributed by atoms with Gasteiger partial charge in [-0.05, 0) is 25.0 Å². The van der Waals surface area contributed by atoms with Gasteiger partial charge in [0.25, 0.3) is 0 Å². The van der Waals surface area contributed by atoms with Crippen LogP contribution in [0.2, 0.25) is 0 Å². The summed E-state index contributed by atoms with van der Waals surface area (Å²) in [4.78, 5) is 0. The van der Waals surface area contributed by atoms with Crippen molar-refractivity contribution in [2.45, 2.75) is 19.4 Å². The van der Waals surface area contributed by atoms with Crippen LogP contribution in [-0.2, 0) is 9.84 Å². The second-order valence-corrected chi connectivity index (χ2v) is 6.29. The summed E-state index contributed by atoms with van der Waals surface area (Å²) in [5.74, 6) is 0.581. The highest BCUT2D eigenvalue weighted by molar-refractivity contribution is 7.91. The maximum atomic E-state index is 11.3. The van der Waals surface area contributed by atoms with Gasteiger partial charge in [-0.15, -0.1) is 0 Å². The van der Waals surface area contributed by atoms with Gasteiger partial charge < -0.3 is 5.32 Å². The third-order valence-corrected chi connectivity index (χ3v) is 4.51. The highest BCUT2D eigenvalue weighted by atomic mass is 32.2. The van der Waals surface area contributed by atoms with Gasteiger partial charge in [-0.25, -0.2) is 8.42 Å². The standard InChI is InChI=1S/C11H15NO2S/c1-9-4-2-3-5-11(9)12-10-6-7-15(13,14)8-10/h2-5,10,12H,6-8H2,1H3/t10-/m0/s1. The Morgan fingerprint density at radius 1 is 1.33 bits per heavy atom. The summed E-state index contributed by atoms with van der Waals surface area (Å²) in [5.41, 5.74) is 2.20. The van der Waals surface area contributed by atoms with E-state index in [2.05, 4.69) is 5.32 Å². The normalized spacial score (nSPS) is 23.9. The fraction of sp³-hybridized carbons (Fsp3) is 0.455. The molecule has 2 rings (SSSR count). The van der Waals surface area contributed by atoms with Gasteiger partial charge >= 0.3 is 0 Å². The van der Waals surface area contributed by atoms with Crippen molar-refractivity contribution >= 4 is 15.5 Å². The zero-order valence-corrected chi connectivity index (χ0v) is 9.55. The van der Waals surface area contributed by atoms with Crippen LogP contribution in [0.15, 0.2) is 24.3 Å². The molecule has 1 aromatic carbocycles. The summed E-state index contributed by atoms with van der Waals surface area (Å²) in [6, 6.07) is 8.02. The van der Waals surface area contributed by atoms with Crippen LogP contribution >= 0.6 is 0 Å². The van der Waals surface area contributed by atoms with E-state index in [-0.39, 0.29) is 11.8 Å². The Morgan fingerprint density at radius 2 is 2.07 bits per heavy atom. The van der Waals surface area contributed by atoms with Crippen molar-refractivity contribution in [1.82, 2.24) is 0 Å². The predicted molar refractivity (Wildman–Crippen MR) is 61.9 cm³/mol. The molecule has 0 amide bonds. The van der Waals surface area contributed by atoms with E-state index in [1.54, 1.807) is 0 Å². The lowest BCUT2D eigenvalue weighted by atomic mass is 10.1. The number of sulfone groups is 1. The number of nitrogens with one attached hydrogen (secondary N) is 1. The molecule has 0 bridgehead atoms. The molecule has 1 aromatic rings. The van der Waals surface area contributed by atoms with Gasteiger partial charge in [0.15, 0.2) is 9.84 Å². The summed E-state index contributed by atoms with van der Waals surface area (Å²) in [7, 11) is -2.79. The van der Waals surface area contributed by atoms with E-state index in [4.69, 9.17) is 0 Å². The van der Waals surface area contributed by atoms with Crippen LogP contribution in [0, 0.1) is 6.92 Å². The molecule has 1 aliphatic rings. The van der Waals surface area contributed by atoms with Gasteiger partial charge in [0.2, 0.25) is 0 Å². The highest BCUT2D eigenvalue weighted by Crippen LogP contribution is 2.19. The first-order valence-electron chi connectivity index (χ1n) is 5.09. The van der Waals surface area contributed by atoms with Gasteiger partial charge in [-0.1, -0.05) is 18.2 Å². The average molecular weight is 225 g/mol. The molecule has 0 saturated carbocycles. The molecule has 1 heterocycles. The van der Waals surface area contributed by atoms with Gasteiger partial charge in [0.1, 0.15) is 0 Å². The lowest BCUT2D eigenvalue weighted by molar-refractivity contribution is 0.602. The molecule has 1 saturated heterocycles. The van der Waals surface area contributed by atoms with Crippen LogP contribution in [0.25, 0.3) is 0 Å². The molecule has 0 aliphatic carbocycles. The van der Waals surface area contributed by atoms with E-state index in [0.29, 0.717) is 5.75 Å². The molecule has 0 spiro atoms. The van der Waals surface area contributed by atoms with E-state index in [1.807, 2.05) is 31.2 Å². The van der Waals surface area contributed by atoms with E-state index < -0.39 is 9.84 Å². The third kappa shape index (κ3) is 2.50. The topological polar surface area (TPSA) is 46.2 Å². The van der Waals surface area contributed by atoms with Gasteiger partial charge in [-0.2, -0.15) is 0 Å². The summed E-state index contributed by atoms with van der Waals surface area (Å²) < 4.78 is 22.6. The highest BCUT2D eigenvalue weighted by Gasteiger charge is 2.27. The smallest absolute Gasteiger partial charge is 0.152 e. The van der Waals surface area contributed by atoms with Crippen molar-refractivity contribution in [3.63, 3.8) is 0 Å². The first-order chi connectivity index (χ1) is 7.07. The molecule has 0 aromatic heterocycles. The molecule has 1 aliphatic heterocycles. The molecule has 1 fully saturated rings. The maximum Gasteiger partial charge on any atom is 0.152 e. The Balaban J connectivity index is 2.08. The van der Waals surface area contributed by atoms with Gasteiger partial charge in [0.05, 0.1) is 11.5 Å². The quantitative estimate of drug-likeness (QED) is 0.831. The second-order valence-electron chi connectivity index (χ2n) is 4.06. The Bertz CT molecular complexity index is 453. The van der Waals surface area contributed by atoms with Crippen LogP contribution in [0.1, 0.15) is 12.0 Å². The van der Waals surface area contributed by atoms with Crippen molar-refractivity contribution in [1.29, 1.82) is 0 Å². The Morgan fingerprint density at radius 3 is 2.67 bits per heavy atom. The Labute approximate surface area is 90.4 Å². The zero-order valence-electron chi connectivity index (χ0n) is 8.73. The fourth-order valence-corrected chi connectivity index (χ4v) is 3.54. The number of para-hydroxylation sites is 1. The van der Waals surface area contributed by atoms with Crippen molar-refractivity contribution in [3.8, 4) is 0 Å². The van der Waals surface area contributed by atoms with E-state index >= 15 is 0 Å². The number of anilines is 1.